The zero-order valence-electron chi connectivity index (χ0n) is 11.3. The quantitative estimate of drug-likeness (QED) is 0.938. The van der Waals surface area contributed by atoms with Crippen molar-refractivity contribution in [2.75, 3.05) is 12.1 Å². The highest BCUT2D eigenvalue weighted by molar-refractivity contribution is 6.33. The molecule has 0 aromatic heterocycles. The van der Waals surface area contributed by atoms with E-state index in [4.69, 9.17) is 21.1 Å². The number of hydrogen-bond donors (Lipinski definition) is 1. The van der Waals surface area contributed by atoms with Gasteiger partial charge in [0.2, 0.25) is 12.7 Å². The van der Waals surface area contributed by atoms with E-state index in [1.165, 1.54) is 0 Å². The molecular formula is C16H14ClNO3. The van der Waals surface area contributed by atoms with Crippen molar-refractivity contribution in [3.63, 3.8) is 0 Å². The molecule has 0 saturated carbocycles. The summed E-state index contributed by atoms with van der Waals surface area (Å²) in [5, 5.41) is 3.34. The van der Waals surface area contributed by atoms with Crippen LogP contribution in [-0.2, 0) is 11.2 Å². The molecule has 5 heteroatoms. The Morgan fingerprint density at radius 3 is 2.81 bits per heavy atom. The van der Waals surface area contributed by atoms with Crippen molar-refractivity contribution in [3.8, 4) is 11.5 Å². The van der Waals surface area contributed by atoms with Gasteiger partial charge in [-0.05, 0) is 36.2 Å². The molecule has 2 aromatic rings. The van der Waals surface area contributed by atoms with Gasteiger partial charge < -0.3 is 14.8 Å². The van der Waals surface area contributed by atoms with Crippen molar-refractivity contribution >= 4 is 23.2 Å². The molecule has 0 atom stereocenters. The highest BCUT2D eigenvalue weighted by Crippen LogP contribution is 2.32. The van der Waals surface area contributed by atoms with Crippen LogP contribution in [0.2, 0.25) is 5.02 Å². The van der Waals surface area contributed by atoms with Crippen molar-refractivity contribution in [1.29, 1.82) is 0 Å². The molecule has 4 nitrogen and oxygen atoms in total. The van der Waals surface area contributed by atoms with Crippen molar-refractivity contribution in [1.82, 2.24) is 0 Å². The van der Waals surface area contributed by atoms with Crippen LogP contribution in [0.4, 0.5) is 5.69 Å². The summed E-state index contributed by atoms with van der Waals surface area (Å²) in [6, 6.07) is 12.9. The molecule has 0 aliphatic carbocycles. The van der Waals surface area contributed by atoms with E-state index >= 15 is 0 Å². The number of fused-ring (bicyclic) bond motifs is 1. The van der Waals surface area contributed by atoms with Gasteiger partial charge in [-0.1, -0.05) is 29.8 Å². The predicted molar refractivity (Wildman–Crippen MR) is 81.0 cm³/mol. The molecule has 21 heavy (non-hydrogen) atoms. The molecular weight excluding hydrogens is 290 g/mol. The van der Waals surface area contributed by atoms with Gasteiger partial charge in [-0.25, -0.2) is 0 Å². The number of aryl methyl sites for hydroxylation is 1. The summed E-state index contributed by atoms with van der Waals surface area (Å²) < 4.78 is 10.6. The van der Waals surface area contributed by atoms with Crippen molar-refractivity contribution in [3.05, 3.63) is 53.1 Å². The average Bonchev–Trinajstić information content (AvgIpc) is 2.95. The second-order valence-corrected chi connectivity index (χ2v) is 5.12. The van der Waals surface area contributed by atoms with Crippen molar-refractivity contribution in [2.45, 2.75) is 12.8 Å². The Labute approximate surface area is 127 Å². The molecule has 0 bridgehead atoms. The van der Waals surface area contributed by atoms with Gasteiger partial charge in [0.1, 0.15) is 0 Å². The molecule has 0 unspecified atom stereocenters. The third-order valence-electron chi connectivity index (χ3n) is 3.23. The van der Waals surface area contributed by atoms with Gasteiger partial charge >= 0.3 is 0 Å². The monoisotopic (exact) mass is 303 g/mol. The zero-order valence-corrected chi connectivity index (χ0v) is 12.0. The molecule has 1 aliphatic rings. The lowest BCUT2D eigenvalue weighted by Crippen LogP contribution is -2.12. The summed E-state index contributed by atoms with van der Waals surface area (Å²) in [7, 11) is 0. The SMILES string of the molecule is O=C(CCc1ccc2c(c1)OCO2)Nc1ccccc1Cl. The molecule has 3 rings (SSSR count). The van der Waals surface area contributed by atoms with Crippen LogP contribution in [0.1, 0.15) is 12.0 Å². The molecule has 1 heterocycles. The Balaban J connectivity index is 1.58. The number of anilines is 1. The van der Waals surface area contributed by atoms with Crippen LogP contribution < -0.4 is 14.8 Å². The highest BCUT2D eigenvalue weighted by Gasteiger charge is 2.13. The van der Waals surface area contributed by atoms with Crippen molar-refractivity contribution in [2.24, 2.45) is 0 Å². The number of rotatable bonds is 4. The minimum atomic E-state index is -0.0687. The van der Waals surface area contributed by atoms with Gasteiger partial charge in [0, 0.05) is 6.42 Å². The number of carbonyl (C=O) groups is 1. The summed E-state index contributed by atoms with van der Waals surface area (Å²) in [5.74, 6) is 1.42. The van der Waals surface area contributed by atoms with Gasteiger partial charge in [0.25, 0.3) is 0 Å². The minimum absolute atomic E-state index is 0.0687. The van der Waals surface area contributed by atoms with E-state index in [9.17, 15) is 4.79 Å². The maximum absolute atomic E-state index is 11.9. The number of nitrogens with one attached hydrogen (secondary N) is 1. The average molecular weight is 304 g/mol. The van der Waals surface area contributed by atoms with Crippen LogP contribution in [0.5, 0.6) is 11.5 Å². The molecule has 0 saturated heterocycles. The molecule has 0 radical (unpaired) electrons. The Morgan fingerprint density at radius 2 is 1.95 bits per heavy atom. The Morgan fingerprint density at radius 1 is 1.14 bits per heavy atom. The van der Waals surface area contributed by atoms with Crippen LogP contribution in [0, 0.1) is 0 Å². The molecule has 1 aliphatic heterocycles. The van der Waals surface area contributed by atoms with Crippen molar-refractivity contribution < 1.29 is 14.3 Å². The summed E-state index contributed by atoms with van der Waals surface area (Å²) in [6.07, 6.45) is 1.01. The minimum Gasteiger partial charge on any atom is -0.454 e. The van der Waals surface area contributed by atoms with Crippen LogP contribution in [0.25, 0.3) is 0 Å². The Hall–Kier alpha value is -2.20. The summed E-state index contributed by atoms with van der Waals surface area (Å²) in [4.78, 5) is 11.9. The summed E-state index contributed by atoms with van der Waals surface area (Å²) >= 11 is 6.00. The first kappa shape index (κ1) is 13.8. The maximum atomic E-state index is 11.9. The molecule has 0 spiro atoms. The fraction of sp³-hybridized carbons (Fsp3) is 0.188. The fourth-order valence-electron chi connectivity index (χ4n) is 2.13. The van der Waals surface area contributed by atoms with Crippen LogP contribution in [0.15, 0.2) is 42.5 Å². The van der Waals surface area contributed by atoms with E-state index in [-0.39, 0.29) is 12.7 Å². The first-order valence-electron chi connectivity index (χ1n) is 6.65. The van der Waals surface area contributed by atoms with E-state index in [2.05, 4.69) is 5.32 Å². The molecule has 1 amide bonds. The third-order valence-corrected chi connectivity index (χ3v) is 3.56. The number of hydrogen-bond acceptors (Lipinski definition) is 3. The number of ether oxygens (including phenoxy) is 2. The number of amides is 1. The zero-order chi connectivity index (χ0) is 14.7. The normalized spacial score (nSPS) is 12.2. The number of para-hydroxylation sites is 1. The summed E-state index contributed by atoms with van der Waals surface area (Å²) in [5.41, 5.74) is 1.67. The van der Waals surface area contributed by atoms with E-state index < -0.39 is 0 Å². The number of halogens is 1. The topological polar surface area (TPSA) is 47.6 Å². The van der Waals surface area contributed by atoms with Crippen LogP contribution in [0.3, 0.4) is 0 Å². The molecule has 108 valence electrons. The second-order valence-electron chi connectivity index (χ2n) is 4.72. The Kier molecular flexibility index (Phi) is 3.97. The highest BCUT2D eigenvalue weighted by atomic mass is 35.5. The summed E-state index contributed by atoms with van der Waals surface area (Å²) in [6.45, 7) is 0.256. The standard InChI is InChI=1S/C16H14ClNO3/c17-12-3-1-2-4-13(12)18-16(19)8-6-11-5-7-14-15(9-11)21-10-20-14/h1-5,7,9H,6,8,10H2,(H,18,19). The van der Waals surface area contributed by atoms with E-state index in [0.29, 0.717) is 23.6 Å². The number of carbonyl (C=O) groups excluding carboxylic acids is 1. The lowest BCUT2D eigenvalue weighted by atomic mass is 10.1. The fourth-order valence-corrected chi connectivity index (χ4v) is 2.31. The molecule has 0 fully saturated rings. The van der Waals surface area contributed by atoms with E-state index in [0.717, 1.165) is 17.1 Å². The second kappa shape index (κ2) is 6.06. The maximum Gasteiger partial charge on any atom is 0.231 e. The van der Waals surface area contributed by atoms with Gasteiger partial charge in [0.15, 0.2) is 11.5 Å². The van der Waals surface area contributed by atoms with Crippen LogP contribution in [-0.4, -0.2) is 12.7 Å². The first-order chi connectivity index (χ1) is 10.2. The number of benzene rings is 2. The van der Waals surface area contributed by atoms with Crippen LogP contribution >= 0.6 is 11.6 Å². The van der Waals surface area contributed by atoms with Gasteiger partial charge in [-0.15, -0.1) is 0 Å². The Bertz CT molecular complexity index is 672. The molecule has 2 aromatic carbocycles. The lowest BCUT2D eigenvalue weighted by molar-refractivity contribution is -0.116. The first-order valence-corrected chi connectivity index (χ1v) is 7.03. The van der Waals surface area contributed by atoms with Gasteiger partial charge in [0.05, 0.1) is 10.7 Å². The molecule has 1 N–H and O–H groups in total. The van der Waals surface area contributed by atoms with E-state index in [1.54, 1.807) is 12.1 Å². The predicted octanol–water partition coefficient (Wildman–Crippen LogP) is 3.64. The third kappa shape index (κ3) is 3.28. The largest absolute Gasteiger partial charge is 0.454 e. The van der Waals surface area contributed by atoms with Gasteiger partial charge in [-0.2, -0.15) is 0 Å². The smallest absolute Gasteiger partial charge is 0.231 e. The van der Waals surface area contributed by atoms with E-state index in [1.807, 2.05) is 30.3 Å². The lowest BCUT2D eigenvalue weighted by Gasteiger charge is -2.07. The van der Waals surface area contributed by atoms with Gasteiger partial charge in [-0.3, -0.25) is 4.79 Å².